The molecule has 2 aliphatic rings. The van der Waals surface area contributed by atoms with E-state index in [1.165, 1.54) is 28.6 Å². The molecule has 26 heavy (non-hydrogen) atoms. The van der Waals surface area contributed by atoms with Crippen molar-refractivity contribution in [1.29, 1.82) is 0 Å². The molecular formula is C22H23NO2S. The summed E-state index contributed by atoms with van der Waals surface area (Å²) in [6, 6.07) is 18.8. The number of hydrogen-bond donors (Lipinski definition) is 0. The second kappa shape index (κ2) is 8.11. The summed E-state index contributed by atoms with van der Waals surface area (Å²) in [7, 11) is 0. The molecule has 4 rings (SSSR count). The Balaban J connectivity index is 1.30. The molecule has 0 radical (unpaired) electrons. The molecule has 1 saturated heterocycles. The number of ether oxygens (including phenoxy) is 1. The van der Waals surface area contributed by atoms with Gasteiger partial charge < -0.3 is 9.04 Å². The Morgan fingerprint density at radius 2 is 1.85 bits per heavy atom. The molecule has 4 heteroatoms. The fourth-order valence-corrected chi connectivity index (χ4v) is 4.23. The molecule has 0 aliphatic carbocycles. The average Bonchev–Trinajstić information content (AvgIpc) is 3.51. The Morgan fingerprint density at radius 3 is 2.65 bits per heavy atom. The first kappa shape index (κ1) is 17.4. The molecule has 1 atom stereocenters. The van der Waals surface area contributed by atoms with Crippen LogP contribution >= 0.6 is 11.9 Å². The second-order valence-corrected chi connectivity index (χ2v) is 7.86. The molecule has 0 aromatic heterocycles. The van der Waals surface area contributed by atoms with Crippen LogP contribution in [0, 0.1) is 0 Å². The second-order valence-electron chi connectivity index (χ2n) is 6.78. The highest BCUT2D eigenvalue weighted by Gasteiger charge is 2.34. The Hall–Kier alpha value is -2.04. The van der Waals surface area contributed by atoms with Crippen LogP contribution in [0.1, 0.15) is 36.0 Å². The van der Waals surface area contributed by atoms with Crippen LogP contribution < -0.4 is 0 Å². The number of rotatable bonds is 7. The van der Waals surface area contributed by atoms with E-state index in [4.69, 9.17) is 4.74 Å². The van der Waals surface area contributed by atoms with E-state index in [0.29, 0.717) is 6.42 Å². The van der Waals surface area contributed by atoms with Gasteiger partial charge in [0.15, 0.2) is 0 Å². The third kappa shape index (κ3) is 4.37. The first-order valence-electron chi connectivity index (χ1n) is 9.23. The Kier molecular flexibility index (Phi) is 5.42. The molecule has 1 fully saturated rings. The lowest BCUT2D eigenvalue weighted by atomic mass is 10.0. The molecule has 1 unspecified atom stereocenters. The van der Waals surface area contributed by atoms with E-state index in [1.54, 1.807) is 0 Å². The van der Waals surface area contributed by atoms with Gasteiger partial charge in [-0.1, -0.05) is 54.6 Å². The van der Waals surface area contributed by atoms with E-state index in [1.807, 2.05) is 6.07 Å². The first-order valence-corrected chi connectivity index (χ1v) is 10.0. The number of epoxide rings is 1. The number of carbonyl (C=O) groups is 1. The number of fused-ring (bicyclic) bond motifs is 1. The van der Waals surface area contributed by atoms with E-state index < -0.39 is 0 Å². The SMILES string of the molecule is O=C(CCCCc1ccccc1)SN1Cc2ccccc2C=C1C1CO1. The summed E-state index contributed by atoms with van der Waals surface area (Å²) >= 11 is 1.35. The quantitative estimate of drug-likeness (QED) is 0.400. The molecule has 0 saturated carbocycles. The van der Waals surface area contributed by atoms with Crippen LogP contribution in [0.15, 0.2) is 60.3 Å². The third-order valence-electron chi connectivity index (χ3n) is 4.77. The lowest BCUT2D eigenvalue weighted by Gasteiger charge is -2.29. The molecule has 2 aromatic carbocycles. The summed E-state index contributed by atoms with van der Waals surface area (Å²) in [5, 5.41) is 0.240. The largest absolute Gasteiger partial charge is 0.366 e. The standard InChI is InChI=1S/C22H23NO2S/c24-22(13-7-4-10-17-8-2-1-3-9-17)26-23-15-19-12-6-5-11-18(19)14-20(23)21-16-25-21/h1-3,5-6,8-9,11-12,14,21H,4,7,10,13,15-16H2. The molecular weight excluding hydrogens is 342 g/mol. The topological polar surface area (TPSA) is 32.8 Å². The van der Waals surface area contributed by atoms with E-state index >= 15 is 0 Å². The smallest absolute Gasteiger partial charge is 0.209 e. The summed E-state index contributed by atoms with van der Waals surface area (Å²) in [6.07, 6.45) is 5.97. The number of nitrogens with zero attached hydrogens (tertiary/aromatic N) is 1. The van der Waals surface area contributed by atoms with Crippen molar-refractivity contribution in [2.45, 2.75) is 38.3 Å². The molecule has 0 spiro atoms. The Labute approximate surface area is 159 Å². The zero-order valence-corrected chi connectivity index (χ0v) is 15.6. The van der Waals surface area contributed by atoms with Gasteiger partial charge in [-0.15, -0.1) is 0 Å². The molecule has 2 aromatic rings. The average molecular weight is 365 g/mol. The van der Waals surface area contributed by atoms with Crippen molar-refractivity contribution in [3.05, 3.63) is 77.0 Å². The Bertz CT molecular complexity index is 799. The van der Waals surface area contributed by atoms with Crippen LogP contribution in [0.3, 0.4) is 0 Å². The van der Waals surface area contributed by atoms with Crippen molar-refractivity contribution in [3.63, 3.8) is 0 Å². The van der Waals surface area contributed by atoms with Gasteiger partial charge in [0.1, 0.15) is 6.10 Å². The number of benzene rings is 2. The van der Waals surface area contributed by atoms with Crippen LogP contribution in [0.5, 0.6) is 0 Å². The maximum absolute atomic E-state index is 12.5. The van der Waals surface area contributed by atoms with Gasteiger partial charge >= 0.3 is 0 Å². The molecule has 0 bridgehead atoms. The van der Waals surface area contributed by atoms with Gasteiger partial charge in [-0.3, -0.25) is 4.79 Å². The molecule has 134 valence electrons. The summed E-state index contributed by atoms with van der Waals surface area (Å²) < 4.78 is 7.61. The van der Waals surface area contributed by atoms with Crippen molar-refractivity contribution >= 4 is 23.1 Å². The molecule has 2 heterocycles. The van der Waals surface area contributed by atoms with Crippen molar-refractivity contribution in [2.24, 2.45) is 0 Å². The van der Waals surface area contributed by atoms with Gasteiger partial charge in [0, 0.05) is 18.4 Å². The summed E-state index contributed by atoms with van der Waals surface area (Å²) in [6.45, 7) is 1.53. The zero-order chi connectivity index (χ0) is 17.8. The van der Waals surface area contributed by atoms with Gasteiger partial charge in [0.2, 0.25) is 5.12 Å². The minimum absolute atomic E-state index is 0.154. The van der Waals surface area contributed by atoms with E-state index in [2.05, 4.69) is 58.9 Å². The van der Waals surface area contributed by atoms with Gasteiger partial charge in [-0.25, -0.2) is 0 Å². The van der Waals surface area contributed by atoms with E-state index in [0.717, 1.165) is 38.1 Å². The van der Waals surface area contributed by atoms with Crippen LogP contribution in [0.25, 0.3) is 6.08 Å². The fourth-order valence-electron chi connectivity index (χ4n) is 3.27. The maximum atomic E-state index is 12.5. The van der Waals surface area contributed by atoms with Crippen molar-refractivity contribution in [1.82, 2.24) is 4.31 Å². The highest BCUT2D eigenvalue weighted by atomic mass is 32.2. The lowest BCUT2D eigenvalue weighted by Crippen LogP contribution is -2.24. The van der Waals surface area contributed by atoms with Gasteiger partial charge in [-0.05, 0) is 42.0 Å². The third-order valence-corrected chi connectivity index (χ3v) is 5.74. The summed E-state index contributed by atoms with van der Waals surface area (Å²) in [5.74, 6) is 0. The fraction of sp³-hybridized carbons (Fsp3) is 0.318. The number of unbranched alkanes of at least 4 members (excludes halogenated alkanes) is 1. The molecule has 0 N–H and O–H groups in total. The molecule has 3 nitrogen and oxygen atoms in total. The van der Waals surface area contributed by atoms with Crippen LogP contribution in [0.4, 0.5) is 0 Å². The molecule has 2 aliphatic heterocycles. The highest BCUT2D eigenvalue weighted by Crippen LogP contribution is 2.36. The van der Waals surface area contributed by atoms with Crippen LogP contribution in [0.2, 0.25) is 0 Å². The van der Waals surface area contributed by atoms with Crippen molar-refractivity contribution in [3.8, 4) is 0 Å². The van der Waals surface area contributed by atoms with E-state index in [9.17, 15) is 4.79 Å². The van der Waals surface area contributed by atoms with Crippen LogP contribution in [-0.2, 0) is 22.5 Å². The summed E-state index contributed by atoms with van der Waals surface area (Å²) in [4.78, 5) is 12.5. The Morgan fingerprint density at radius 1 is 1.08 bits per heavy atom. The minimum Gasteiger partial charge on any atom is -0.366 e. The monoisotopic (exact) mass is 365 g/mol. The predicted octanol–water partition coefficient (Wildman–Crippen LogP) is 4.83. The van der Waals surface area contributed by atoms with Gasteiger partial charge in [-0.2, -0.15) is 0 Å². The van der Waals surface area contributed by atoms with Gasteiger partial charge in [0.25, 0.3) is 0 Å². The lowest BCUT2D eigenvalue weighted by molar-refractivity contribution is -0.111. The number of hydrogen-bond acceptors (Lipinski definition) is 4. The summed E-state index contributed by atoms with van der Waals surface area (Å²) in [5.41, 5.74) is 4.98. The zero-order valence-electron chi connectivity index (χ0n) is 14.8. The predicted molar refractivity (Wildman–Crippen MR) is 106 cm³/mol. The molecule has 0 amide bonds. The maximum Gasteiger partial charge on any atom is 0.209 e. The minimum atomic E-state index is 0.154. The first-order chi connectivity index (χ1) is 12.8. The number of aryl methyl sites for hydroxylation is 1. The highest BCUT2D eigenvalue weighted by molar-refractivity contribution is 8.11. The van der Waals surface area contributed by atoms with Crippen molar-refractivity contribution < 1.29 is 9.53 Å². The van der Waals surface area contributed by atoms with Gasteiger partial charge in [0.05, 0.1) is 18.8 Å². The number of carbonyl (C=O) groups excluding carboxylic acids is 1. The normalized spacial score (nSPS) is 18.2. The van der Waals surface area contributed by atoms with Crippen molar-refractivity contribution in [2.75, 3.05) is 6.61 Å². The van der Waals surface area contributed by atoms with E-state index in [-0.39, 0.29) is 11.2 Å². The van der Waals surface area contributed by atoms with Crippen LogP contribution in [-0.4, -0.2) is 22.1 Å².